The molecule has 0 atom stereocenters. The third kappa shape index (κ3) is 7.12. The van der Waals surface area contributed by atoms with E-state index < -0.39 is 0 Å². The van der Waals surface area contributed by atoms with Crippen molar-refractivity contribution in [1.82, 2.24) is 15.5 Å². The first kappa shape index (κ1) is 15.9. The monoisotopic (exact) mass is 270 g/mol. The molecule has 1 rings (SSSR count). The molecule has 19 heavy (non-hydrogen) atoms. The van der Waals surface area contributed by atoms with Crippen LogP contribution in [0.4, 0.5) is 0 Å². The Labute approximate surface area is 115 Å². The average molecular weight is 270 g/mol. The van der Waals surface area contributed by atoms with Gasteiger partial charge < -0.3 is 16.4 Å². The molecule has 0 aliphatic carbocycles. The summed E-state index contributed by atoms with van der Waals surface area (Å²) in [5.74, 6) is 0.683. The van der Waals surface area contributed by atoms with Crippen molar-refractivity contribution in [3.8, 4) is 0 Å². The van der Waals surface area contributed by atoms with E-state index in [1.165, 1.54) is 6.92 Å². The highest BCUT2D eigenvalue weighted by Gasteiger charge is 2.19. The van der Waals surface area contributed by atoms with E-state index >= 15 is 0 Å². The maximum atomic E-state index is 11.7. The molecule has 0 bridgehead atoms. The van der Waals surface area contributed by atoms with E-state index in [0.717, 1.165) is 44.8 Å². The lowest BCUT2D eigenvalue weighted by Gasteiger charge is -2.31. The molecule has 0 radical (unpaired) electrons. The summed E-state index contributed by atoms with van der Waals surface area (Å²) in [5, 5.41) is 5.45. The average Bonchev–Trinajstić information content (AvgIpc) is 2.37. The van der Waals surface area contributed by atoms with E-state index in [9.17, 15) is 9.59 Å². The van der Waals surface area contributed by atoms with E-state index in [1.807, 2.05) is 0 Å². The summed E-state index contributed by atoms with van der Waals surface area (Å²) >= 11 is 0. The van der Waals surface area contributed by atoms with Crippen LogP contribution in [0.5, 0.6) is 0 Å². The Balaban J connectivity index is 2.08. The van der Waals surface area contributed by atoms with Gasteiger partial charge in [-0.3, -0.25) is 14.5 Å². The fraction of sp³-hybridized carbons (Fsp3) is 0.846. The first-order valence-corrected chi connectivity index (χ1v) is 7.05. The molecule has 0 spiro atoms. The minimum Gasteiger partial charge on any atom is -0.355 e. The van der Waals surface area contributed by atoms with Crippen LogP contribution in [0, 0.1) is 5.92 Å². The number of nitrogens with zero attached hydrogens (tertiary/aromatic N) is 1. The summed E-state index contributed by atoms with van der Waals surface area (Å²) < 4.78 is 0. The van der Waals surface area contributed by atoms with Gasteiger partial charge in [-0.05, 0) is 44.8 Å². The number of rotatable bonds is 7. The lowest BCUT2D eigenvalue weighted by atomic mass is 9.94. The number of piperidine rings is 1. The van der Waals surface area contributed by atoms with Gasteiger partial charge in [-0.25, -0.2) is 0 Å². The van der Waals surface area contributed by atoms with Gasteiger partial charge in [0.15, 0.2) is 0 Å². The van der Waals surface area contributed by atoms with E-state index in [4.69, 9.17) is 5.73 Å². The van der Waals surface area contributed by atoms with Gasteiger partial charge in [-0.1, -0.05) is 0 Å². The number of likely N-dealkylation sites (tertiary alicyclic amines) is 1. The summed E-state index contributed by atoms with van der Waals surface area (Å²) in [6.45, 7) is 5.60. The topological polar surface area (TPSA) is 87.5 Å². The maximum Gasteiger partial charge on any atom is 0.234 e. The van der Waals surface area contributed by atoms with Crippen LogP contribution < -0.4 is 16.4 Å². The van der Waals surface area contributed by atoms with E-state index in [-0.39, 0.29) is 11.8 Å². The smallest absolute Gasteiger partial charge is 0.234 e. The van der Waals surface area contributed by atoms with Crippen molar-refractivity contribution in [3.63, 3.8) is 0 Å². The molecule has 0 unspecified atom stereocenters. The summed E-state index contributed by atoms with van der Waals surface area (Å²) in [5.41, 5.74) is 5.56. The molecule has 110 valence electrons. The fourth-order valence-corrected chi connectivity index (χ4v) is 2.37. The Kier molecular flexibility index (Phi) is 7.43. The molecule has 1 saturated heterocycles. The van der Waals surface area contributed by atoms with Crippen molar-refractivity contribution in [2.45, 2.75) is 26.2 Å². The van der Waals surface area contributed by atoms with Crippen LogP contribution in [0.15, 0.2) is 0 Å². The Bertz CT molecular complexity index is 288. The van der Waals surface area contributed by atoms with Gasteiger partial charge in [0.25, 0.3) is 0 Å². The largest absolute Gasteiger partial charge is 0.355 e. The summed E-state index contributed by atoms with van der Waals surface area (Å²) in [6.07, 6.45) is 3.36. The minimum absolute atomic E-state index is 0.0302. The molecule has 1 aliphatic heterocycles. The van der Waals surface area contributed by atoms with Crippen molar-refractivity contribution in [1.29, 1.82) is 0 Å². The minimum atomic E-state index is -0.0729. The van der Waals surface area contributed by atoms with Crippen molar-refractivity contribution >= 4 is 11.8 Å². The quantitative estimate of drug-likeness (QED) is 0.534. The normalized spacial score (nSPS) is 17.2. The summed E-state index contributed by atoms with van der Waals surface area (Å²) in [6, 6.07) is 0. The van der Waals surface area contributed by atoms with Crippen molar-refractivity contribution in [3.05, 3.63) is 0 Å². The van der Waals surface area contributed by atoms with Gasteiger partial charge in [-0.2, -0.15) is 0 Å². The number of hydrogen-bond donors (Lipinski definition) is 3. The first-order valence-electron chi connectivity index (χ1n) is 7.05. The molecular weight excluding hydrogens is 244 g/mol. The van der Waals surface area contributed by atoms with Crippen LogP contribution in [0.2, 0.25) is 0 Å². The maximum absolute atomic E-state index is 11.7. The molecule has 6 nitrogen and oxygen atoms in total. The molecule has 6 heteroatoms. The van der Waals surface area contributed by atoms with Crippen molar-refractivity contribution in [2.24, 2.45) is 11.7 Å². The molecule has 1 fully saturated rings. The third-order valence-corrected chi connectivity index (χ3v) is 3.47. The predicted octanol–water partition coefficient (Wildman–Crippen LogP) is -0.700. The molecule has 1 heterocycles. The highest BCUT2D eigenvalue weighted by Crippen LogP contribution is 2.19. The van der Waals surface area contributed by atoms with E-state index in [0.29, 0.717) is 19.6 Å². The summed E-state index contributed by atoms with van der Waals surface area (Å²) in [7, 11) is 0. The molecule has 4 N–H and O–H groups in total. The predicted molar refractivity (Wildman–Crippen MR) is 74.5 cm³/mol. The molecule has 2 amide bonds. The first-order chi connectivity index (χ1) is 9.11. The Morgan fingerprint density at radius 3 is 2.42 bits per heavy atom. The van der Waals surface area contributed by atoms with Gasteiger partial charge in [0.1, 0.15) is 0 Å². The number of hydrogen-bond acceptors (Lipinski definition) is 4. The van der Waals surface area contributed by atoms with Crippen LogP contribution in [-0.4, -0.2) is 56.0 Å². The second kappa shape index (κ2) is 8.87. The Morgan fingerprint density at radius 1 is 1.21 bits per heavy atom. The summed E-state index contributed by atoms with van der Waals surface area (Å²) in [4.78, 5) is 24.5. The van der Waals surface area contributed by atoms with Crippen LogP contribution in [0.1, 0.15) is 26.2 Å². The number of carbonyl (C=O) groups excluding carboxylic acids is 2. The SMILES string of the molecule is CC(=O)NCCNC(=O)CN1CCC(CCN)CC1. The van der Waals surface area contributed by atoms with E-state index in [1.54, 1.807) is 0 Å². The second-order valence-corrected chi connectivity index (χ2v) is 5.13. The zero-order valence-electron chi connectivity index (χ0n) is 11.8. The number of nitrogens with one attached hydrogen (secondary N) is 2. The van der Waals surface area contributed by atoms with Gasteiger partial charge in [-0.15, -0.1) is 0 Å². The van der Waals surface area contributed by atoms with Crippen LogP contribution in [0.3, 0.4) is 0 Å². The fourth-order valence-electron chi connectivity index (χ4n) is 2.37. The molecule has 0 aromatic carbocycles. The van der Waals surface area contributed by atoms with Gasteiger partial charge in [0.2, 0.25) is 11.8 Å². The zero-order valence-corrected chi connectivity index (χ0v) is 11.8. The van der Waals surface area contributed by atoms with Gasteiger partial charge >= 0.3 is 0 Å². The van der Waals surface area contributed by atoms with Crippen molar-refractivity contribution < 1.29 is 9.59 Å². The standard InChI is InChI=1S/C13H26N4O2/c1-11(18)15-6-7-16-13(19)10-17-8-3-12(2-5-14)4-9-17/h12H,2-10,14H2,1H3,(H,15,18)(H,16,19). The molecule has 1 aliphatic rings. The Hall–Kier alpha value is -1.14. The van der Waals surface area contributed by atoms with Crippen molar-refractivity contribution in [2.75, 3.05) is 39.3 Å². The lowest BCUT2D eigenvalue weighted by Crippen LogP contribution is -2.43. The third-order valence-electron chi connectivity index (χ3n) is 3.47. The molecule has 0 aromatic rings. The van der Waals surface area contributed by atoms with E-state index in [2.05, 4.69) is 15.5 Å². The number of nitrogens with two attached hydrogens (primary N) is 1. The lowest BCUT2D eigenvalue weighted by molar-refractivity contribution is -0.123. The van der Waals surface area contributed by atoms with Crippen LogP contribution in [0.25, 0.3) is 0 Å². The Morgan fingerprint density at radius 2 is 1.84 bits per heavy atom. The molecule has 0 saturated carbocycles. The molecular formula is C13H26N4O2. The highest BCUT2D eigenvalue weighted by atomic mass is 16.2. The highest BCUT2D eigenvalue weighted by molar-refractivity contribution is 5.78. The van der Waals surface area contributed by atoms with Crippen LogP contribution in [-0.2, 0) is 9.59 Å². The second-order valence-electron chi connectivity index (χ2n) is 5.13. The number of carbonyl (C=O) groups is 2. The number of amides is 2. The van der Waals surface area contributed by atoms with Gasteiger partial charge in [0, 0.05) is 20.0 Å². The zero-order chi connectivity index (χ0) is 14.1. The van der Waals surface area contributed by atoms with Crippen LogP contribution >= 0.6 is 0 Å². The van der Waals surface area contributed by atoms with Gasteiger partial charge in [0.05, 0.1) is 6.54 Å². The molecule has 0 aromatic heterocycles.